The Labute approximate surface area is 137 Å². The quantitative estimate of drug-likeness (QED) is 0.906. The lowest BCUT2D eigenvalue weighted by Gasteiger charge is -2.49. The van der Waals surface area contributed by atoms with Gasteiger partial charge in [0.05, 0.1) is 0 Å². The number of halogens is 1. The highest BCUT2D eigenvalue weighted by Gasteiger charge is 2.40. The molecule has 1 aromatic carbocycles. The van der Waals surface area contributed by atoms with E-state index in [9.17, 15) is 4.79 Å². The molecule has 2 heterocycles. The van der Waals surface area contributed by atoms with Gasteiger partial charge in [0.2, 0.25) is 5.91 Å². The number of nitrogens with zero attached hydrogens (tertiary/aromatic N) is 2. The summed E-state index contributed by atoms with van der Waals surface area (Å²) in [6.07, 6.45) is 2.62. The van der Waals surface area contributed by atoms with Gasteiger partial charge in [0.15, 0.2) is 0 Å². The van der Waals surface area contributed by atoms with E-state index >= 15 is 0 Å². The van der Waals surface area contributed by atoms with Gasteiger partial charge >= 0.3 is 0 Å². The van der Waals surface area contributed by atoms with Crippen LogP contribution in [0.15, 0.2) is 24.3 Å². The van der Waals surface area contributed by atoms with E-state index in [1.54, 1.807) is 0 Å². The van der Waals surface area contributed by atoms with Gasteiger partial charge in [-0.15, -0.1) is 0 Å². The van der Waals surface area contributed by atoms with Crippen molar-refractivity contribution in [3.63, 3.8) is 0 Å². The number of piperazine rings is 1. The predicted molar refractivity (Wildman–Crippen MR) is 89.0 cm³/mol. The van der Waals surface area contributed by atoms with Crippen LogP contribution in [0.3, 0.4) is 0 Å². The van der Waals surface area contributed by atoms with Crippen LogP contribution in [-0.2, 0) is 11.3 Å². The van der Waals surface area contributed by atoms with Crippen molar-refractivity contribution in [2.24, 2.45) is 0 Å². The summed E-state index contributed by atoms with van der Waals surface area (Å²) >= 11 is 5.96. The van der Waals surface area contributed by atoms with Gasteiger partial charge in [0.1, 0.15) is 0 Å². The lowest BCUT2D eigenvalue weighted by atomic mass is 9.86. The van der Waals surface area contributed by atoms with Crippen molar-refractivity contribution < 1.29 is 4.79 Å². The first-order valence-corrected chi connectivity index (χ1v) is 8.40. The molecule has 1 aromatic rings. The maximum atomic E-state index is 11.7. The summed E-state index contributed by atoms with van der Waals surface area (Å²) in [7, 11) is 2.20. The van der Waals surface area contributed by atoms with E-state index in [1.807, 2.05) is 12.1 Å². The molecule has 0 radical (unpaired) electrons. The van der Waals surface area contributed by atoms with E-state index in [4.69, 9.17) is 11.6 Å². The van der Waals surface area contributed by atoms with Crippen LogP contribution in [0.5, 0.6) is 0 Å². The van der Waals surface area contributed by atoms with Crippen LogP contribution in [-0.4, -0.2) is 54.5 Å². The van der Waals surface area contributed by atoms with Gasteiger partial charge in [0, 0.05) is 49.7 Å². The molecule has 4 nitrogen and oxygen atoms in total. The predicted octanol–water partition coefficient (Wildman–Crippen LogP) is 2.13. The number of likely N-dealkylation sites (N-methyl/N-ethyl adjacent to an activating group) is 1. The molecule has 1 N–H and O–H groups in total. The molecule has 3 rings (SSSR count). The van der Waals surface area contributed by atoms with Gasteiger partial charge in [0.25, 0.3) is 0 Å². The molecular formula is C17H24ClN3O. The van der Waals surface area contributed by atoms with Crippen molar-refractivity contribution in [3.05, 3.63) is 34.9 Å². The Kier molecular flexibility index (Phi) is 4.71. The van der Waals surface area contributed by atoms with Crippen LogP contribution >= 0.6 is 11.6 Å². The third kappa shape index (κ3) is 3.45. The van der Waals surface area contributed by atoms with Crippen molar-refractivity contribution in [2.75, 3.05) is 33.2 Å². The zero-order valence-electron chi connectivity index (χ0n) is 13.1. The van der Waals surface area contributed by atoms with E-state index in [1.165, 1.54) is 5.56 Å². The van der Waals surface area contributed by atoms with Crippen LogP contribution in [0.4, 0.5) is 0 Å². The van der Waals surface area contributed by atoms with Gasteiger partial charge in [-0.25, -0.2) is 0 Å². The number of hydrogen-bond donors (Lipinski definition) is 1. The van der Waals surface area contributed by atoms with E-state index in [0.717, 1.165) is 50.6 Å². The van der Waals surface area contributed by atoms with Crippen LogP contribution in [0, 0.1) is 0 Å². The highest BCUT2D eigenvalue weighted by Crippen LogP contribution is 2.31. The number of carbonyl (C=O) groups is 1. The minimum Gasteiger partial charge on any atom is -0.356 e. The smallest absolute Gasteiger partial charge is 0.220 e. The topological polar surface area (TPSA) is 35.6 Å². The van der Waals surface area contributed by atoms with Gasteiger partial charge in [-0.2, -0.15) is 0 Å². The number of benzene rings is 1. The molecule has 22 heavy (non-hydrogen) atoms. The first kappa shape index (κ1) is 15.8. The Morgan fingerprint density at radius 2 is 2.00 bits per heavy atom. The summed E-state index contributed by atoms with van der Waals surface area (Å²) in [6.45, 7) is 4.90. The lowest BCUT2D eigenvalue weighted by Crippen LogP contribution is -2.60. The fourth-order valence-corrected chi connectivity index (χ4v) is 3.79. The standard InChI is InChI=1S/C17H24ClN3O/c1-20-10-11-21(12-14-2-4-15(18)5-3-14)13-17(20)7-6-16(22)19-9-8-17/h2-5H,6-13H2,1H3,(H,19,22)/t17-/m1/s1. The Morgan fingerprint density at radius 1 is 1.23 bits per heavy atom. The second-order valence-corrected chi connectivity index (χ2v) is 7.02. The zero-order valence-corrected chi connectivity index (χ0v) is 13.9. The van der Waals surface area contributed by atoms with Gasteiger partial charge < -0.3 is 5.32 Å². The van der Waals surface area contributed by atoms with Gasteiger partial charge in [-0.05, 0) is 37.6 Å². The molecule has 1 amide bonds. The van der Waals surface area contributed by atoms with Crippen molar-refractivity contribution >= 4 is 17.5 Å². The van der Waals surface area contributed by atoms with Crippen LogP contribution in [0.2, 0.25) is 5.02 Å². The summed E-state index contributed by atoms with van der Waals surface area (Å²) in [5.41, 5.74) is 1.43. The number of nitrogens with one attached hydrogen (secondary N) is 1. The van der Waals surface area contributed by atoms with E-state index in [2.05, 4.69) is 34.3 Å². The van der Waals surface area contributed by atoms with Crippen LogP contribution < -0.4 is 5.32 Å². The van der Waals surface area contributed by atoms with Crippen molar-refractivity contribution in [3.8, 4) is 0 Å². The normalized spacial score (nSPS) is 27.6. The molecule has 2 aliphatic rings. The molecule has 1 spiro atoms. The lowest BCUT2D eigenvalue weighted by molar-refractivity contribution is -0.121. The third-order valence-electron chi connectivity index (χ3n) is 5.13. The first-order chi connectivity index (χ1) is 10.6. The molecule has 2 aliphatic heterocycles. The average Bonchev–Trinajstić information content (AvgIpc) is 2.69. The fourth-order valence-electron chi connectivity index (χ4n) is 3.66. The van der Waals surface area contributed by atoms with E-state index in [-0.39, 0.29) is 11.4 Å². The maximum Gasteiger partial charge on any atom is 0.220 e. The third-order valence-corrected chi connectivity index (χ3v) is 5.38. The monoisotopic (exact) mass is 321 g/mol. The molecule has 120 valence electrons. The molecular weight excluding hydrogens is 298 g/mol. The van der Waals surface area contributed by atoms with E-state index < -0.39 is 0 Å². The van der Waals surface area contributed by atoms with Crippen molar-refractivity contribution in [1.29, 1.82) is 0 Å². The average molecular weight is 322 g/mol. The molecule has 0 unspecified atom stereocenters. The van der Waals surface area contributed by atoms with Crippen molar-refractivity contribution in [1.82, 2.24) is 15.1 Å². The van der Waals surface area contributed by atoms with Crippen molar-refractivity contribution in [2.45, 2.75) is 31.3 Å². The van der Waals surface area contributed by atoms with E-state index in [0.29, 0.717) is 6.42 Å². The molecule has 0 aliphatic carbocycles. The second-order valence-electron chi connectivity index (χ2n) is 6.58. The molecule has 2 saturated heterocycles. The fraction of sp³-hybridized carbons (Fsp3) is 0.588. The second kappa shape index (κ2) is 6.57. The Hall–Kier alpha value is -1.10. The number of amides is 1. The summed E-state index contributed by atoms with van der Waals surface area (Å²) in [6, 6.07) is 8.12. The zero-order chi connectivity index (χ0) is 15.6. The minimum absolute atomic E-state index is 0.129. The molecule has 2 fully saturated rings. The molecule has 0 bridgehead atoms. The number of carbonyl (C=O) groups excluding carboxylic acids is 1. The first-order valence-electron chi connectivity index (χ1n) is 8.02. The molecule has 0 saturated carbocycles. The highest BCUT2D eigenvalue weighted by atomic mass is 35.5. The van der Waals surface area contributed by atoms with Crippen LogP contribution in [0.25, 0.3) is 0 Å². The summed E-state index contributed by atoms with van der Waals surface area (Å²) in [5.74, 6) is 0.195. The minimum atomic E-state index is 0.129. The summed E-state index contributed by atoms with van der Waals surface area (Å²) in [5, 5.41) is 3.79. The number of hydrogen-bond acceptors (Lipinski definition) is 3. The largest absolute Gasteiger partial charge is 0.356 e. The highest BCUT2D eigenvalue weighted by molar-refractivity contribution is 6.30. The molecule has 5 heteroatoms. The Bertz CT molecular complexity index is 533. The summed E-state index contributed by atoms with van der Waals surface area (Å²) < 4.78 is 0. The maximum absolute atomic E-state index is 11.7. The Balaban J connectivity index is 1.70. The Morgan fingerprint density at radius 3 is 2.77 bits per heavy atom. The molecule has 1 atom stereocenters. The van der Waals surface area contributed by atoms with Crippen LogP contribution in [0.1, 0.15) is 24.8 Å². The SMILES string of the molecule is CN1CCN(Cc2ccc(Cl)cc2)C[C@@]12CCNC(=O)CC2. The van der Waals surface area contributed by atoms with Gasteiger partial charge in [-0.1, -0.05) is 23.7 Å². The molecule has 0 aromatic heterocycles. The number of rotatable bonds is 2. The van der Waals surface area contributed by atoms with Gasteiger partial charge in [-0.3, -0.25) is 14.6 Å². The summed E-state index contributed by atoms with van der Waals surface area (Å²) in [4.78, 5) is 16.6.